The van der Waals surface area contributed by atoms with Crippen LogP contribution in [0.15, 0.2) is 29.8 Å². The molecule has 1 saturated heterocycles. The lowest BCUT2D eigenvalue weighted by Gasteiger charge is -2.03. The number of rotatable bonds is 3. The van der Waals surface area contributed by atoms with Gasteiger partial charge in [-0.1, -0.05) is 12.1 Å². The van der Waals surface area contributed by atoms with E-state index >= 15 is 0 Å². The summed E-state index contributed by atoms with van der Waals surface area (Å²) in [6.45, 7) is 3.14. The Labute approximate surface area is 94.3 Å². The topological polar surface area (TPSA) is 50.4 Å². The summed E-state index contributed by atoms with van der Waals surface area (Å²) < 4.78 is 5.39. The normalized spacial score (nSPS) is 17.6. The zero-order valence-corrected chi connectivity index (χ0v) is 9.12. The maximum atomic E-state index is 11.3. The Morgan fingerprint density at radius 1 is 1.50 bits per heavy atom. The van der Waals surface area contributed by atoms with Gasteiger partial charge in [-0.25, -0.2) is 5.43 Å². The minimum Gasteiger partial charge on any atom is -0.494 e. The molecule has 1 aromatic carbocycles. The standard InChI is InChI=1S/C12H14N2O2/c1-2-16-11-5-3-4-9(7-11)6-10-8-13-14-12(10)15/h3-7,13H,2,8H2,1H3,(H,14,15)/b10-6+. The molecule has 1 aromatic rings. The fraction of sp³-hybridized carbons (Fsp3) is 0.250. The van der Waals surface area contributed by atoms with Crippen LogP contribution < -0.4 is 15.6 Å². The first-order valence-electron chi connectivity index (χ1n) is 5.26. The van der Waals surface area contributed by atoms with E-state index in [-0.39, 0.29) is 5.91 Å². The van der Waals surface area contributed by atoms with Gasteiger partial charge in [-0.05, 0) is 30.7 Å². The third kappa shape index (κ3) is 2.41. The van der Waals surface area contributed by atoms with E-state index < -0.39 is 0 Å². The molecular formula is C12H14N2O2. The summed E-state index contributed by atoms with van der Waals surface area (Å²) in [5, 5.41) is 0. The number of ether oxygens (including phenoxy) is 1. The van der Waals surface area contributed by atoms with Gasteiger partial charge in [-0.2, -0.15) is 0 Å². The van der Waals surface area contributed by atoms with E-state index in [1.165, 1.54) is 0 Å². The van der Waals surface area contributed by atoms with E-state index in [0.29, 0.717) is 13.2 Å². The van der Waals surface area contributed by atoms with Gasteiger partial charge in [0.15, 0.2) is 0 Å². The van der Waals surface area contributed by atoms with E-state index in [1.807, 2.05) is 37.3 Å². The minimum absolute atomic E-state index is 0.0678. The maximum absolute atomic E-state index is 11.3. The molecule has 0 aromatic heterocycles. The fourth-order valence-corrected chi connectivity index (χ4v) is 1.56. The first-order valence-corrected chi connectivity index (χ1v) is 5.26. The summed E-state index contributed by atoms with van der Waals surface area (Å²) in [5.74, 6) is 0.755. The maximum Gasteiger partial charge on any atom is 0.262 e. The average Bonchev–Trinajstić information content (AvgIpc) is 2.66. The summed E-state index contributed by atoms with van der Waals surface area (Å²) in [6, 6.07) is 7.68. The molecule has 1 fully saturated rings. The van der Waals surface area contributed by atoms with Crippen molar-refractivity contribution in [3.63, 3.8) is 0 Å². The first kappa shape index (κ1) is 10.7. The van der Waals surface area contributed by atoms with Gasteiger partial charge in [0.25, 0.3) is 5.91 Å². The van der Waals surface area contributed by atoms with Crippen molar-refractivity contribution in [2.45, 2.75) is 6.92 Å². The molecule has 0 saturated carbocycles. The number of benzene rings is 1. The van der Waals surface area contributed by atoms with Crippen molar-refractivity contribution in [3.05, 3.63) is 35.4 Å². The number of hydrogen-bond acceptors (Lipinski definition) is 3. The highest BCUT2D eigenvalue weighted by atomic mass is 16.5. The summed E-state index contributed by atoms with van der Waals surface area (Å²) in [6.07, 6.45) is 1.86. The van der Waals surface area contributed by atoms with E-state index in [0.717, 1.165) is 16.9 Å². The van der Waals surface area contributed by atoms with Crippen LogP contribution in [-0.2, 0) is 4.79 Å². The highest BCUT2D eigenvalue weighted by Crippen LogP contribution is 2.16. The van der Waals surface area contributed by atoms with Crippen molar-refractivity contribution in [1.82, 2.24) is 10.9 Å². The first-order chi connectivity index (χ1) is 7.79. The molecule has 0 radical (unpaired) electrons. The van der Waals surface area contributed by atoms with E-state index in [4.69, 9.17) is 4.74 Å². The van der Waals surface area contributed by atoms with E-state index in [2.05, 4.69) is 10.9 Å². The predicted molar refractivity (Wildman–Crippen MR) is 61.7 cm³/mol. The molecule has 0 bridgehead atoms. The lowest BCUT2D eigenvalue weighted by molar-refractivity contribution is -0.116. The zero-order chi connectivity index (χ0) is 11.4. The van der Waals surface area contributed by atoms with Crippen molar-refractivity contribution in [2.75, 3.05) is 13.2 Å². The van der Waals surface area contributed by atoms with Crippen molar-refractivity contribution < 1.29 is 9.53 Å². The third-order valence-corrected chi connectivity index (χ3v) is 2.28. The van der Waals surface area contributed by atoms with Gasteiger partial charge in [0, 0.05) is 12.1 Å². The van der Waals surface area contributed by atoms with Crippen LogP contribution in [0, 0.1) is 0 Å². The van der Waals surface area contributed by atoms with Gasteiger partial charge in [-0.15, -0.1) is 0 Å². The molecule has 0 aliphatic carbocycles. The van der Waals surface area contributed by atoms with Gasteiger partial charge in [0.1, 0.15) is 5.75 Å². The Morgan fingerprint density at radius 3 is 3.06 bits per heavy atom. The molecule has 0 unspecified atom stereocenters. The number of nitrogens with one attached hydrogen (secondary N) is 2. The van der Waals surface area contributed by atoms with Crippen LogP contribution >= 0.6 is 0 Å². The summed E-state index contributed by atoms with van der Waals surface area (Å²) >= 11 is 0. The summed E-state index contributed by atoms with van der Waals surface area (Å²) in [4.78, 5) is 11.3. The van der Waals surface area contributed by atoms with Gasteiger partial charge in [0.05, 0.1) is 6.61 Å². The van der Waals surface area contributed by atoms with Crippen molar-refractivity contribution in [3.8, 4) is 5.75 Å². The lowest BCUT2D eigenvalue weighted by Crippen LogP contribution is -2.25. The molecule has 16 heavy (non-hydrogen) atoms. The molecule has 2 N–H and O–H groups in total. The van der Waals surface area contributed by atoms with Gasteiger partial charge in [0.2, 0.25) is 0 Å². The Hall–Kier alpha value is -1.81. The molecule has 84 valence electrons. The number of hydrogen-bond donors (Lipinski definition) is 2. The quantitative estimate of drug-likeness (QED) is 0.747. The molecule has 1 heterocycles. The molecule has 4 nitrogen and oxygen atoms in total. The number of carbonyl (C=O) groups excluding carboxylic acids is 1. The molecule has 1 aliphatic heterocycles. The van der Waals surface area contributed by atoms with Crippen LogP contribution in [0.1, 0.15) is 12.5 Å². The summed E-state index contributed by atoms with van der Waals surface area (Å²) in [7, 11) is 0. The SMILES string of the molecule is CCOc1cccc(/C=C2\CNNC2=O)c1. The Balaban J connectivity index is 2.20. The van der Waals surface area contributed by atoms with Crippen LogP contribution in [0.2, 0.25) is 0 Å². The highest BCUT2D eigenvalue weighted by Gasteiger charge is 2.15. The molecule has 0 atom stereocenters. The number of amides is 1. The zero-order valence-electron chi connectivity index (χ0n) is 9.12. The smallest absolute Gasteiger partial charge is 0.262 e. The van der Waals surface area contributed by atoms with Crippen LogP contribution in [-0.4, -0.2) is 19.1 Å². The second-order valence-corrected chi connectivity index (χ2v) is 3.48. The molecule has 1 aliphatic rings. The van der Waals surface area contributed by atoms with Crippen molar-refractivity contribution >= 4 is 12.0 Å². The predicted octanol–water partition coefficient (Wildman–Crippen LogP) is 1.10. The van der Waals surface area contributed by atoms with Crippen LogP contribution in [0.3, 0.4) is 0 Å². The molecule has 2 rings (SSSR count). The minimum atomic E-state index is -0.0678. The largest absolute Gasteiger partial charge is 0.494 e. The highest BCUT2D eigenvalue weighted by molar-refractivity contribution is 5.99. The molecule has 1 amide bonds. The Kier molecular flexibility index (Phi) is 3.22. The van der Waals surface area contributed by atoms with Crippen molar-refractivity contribution in [2.24, 2.45) is 0 Å². The average molecular weight is 218 g/mol. The molecule has 0 spiro atoms. The van der Waals surface area contributed by atoms with Crippen LogP contribution in [0.4, 0.5) is 0 Å². The van der Waals surface area contributed by atoms with E-state index in [9.17, 15) is 4.79 Å². The Bertz CT molecular complexity index is 427. The second-order valence-electron chi connectivity index (χ2n) is 3.48. The van der Waals surface area contributed by atoms with E-state index in [1.54, 1.807) is 0 Å². The summed E-state index contributed by atoms with van der Waals surface area (Å²) in [5.41, 5.74) is 7.03. The second kappa shape index (κ2) is 4.81. The molecule has 4 heteroatoms. The van der Waals surface area contributed by atoms with Gasteiger partial charge < -0.3 is 4.74 Å². The van der Waals surface area contributed by atoms with Crippen molar-refractivity contribution in [1.29, 1.82) is 0 Å². The number of hydrazine groups is 1. The number of carbonyl (C=O) groups is 1. The van der Waals surface area contributed by atoms with Gasteiger partial charge >= 0.3 is 0 Å². The monoisotopic (exact) mass is 218 g/mol. The lowest BCUT2D eigenvalue weighted by atomic mass is 10.1. The van der Waals surface area contributed by atoms with Crippen LogP contribution in [0.25, 0.3) is 6.08 Å². The Morgan fingerprint density at radius 2 is 2.38 bits per heavy atom. The molecular weight excluding hydrogens is 204 g/mol. The van der Waals surface area contributed by atoms with Gasteiger partial charge in [-0.3, -0.25) is 10.2 Å². The van der Waals surface area contributed by atoms with Crippen LogP contribution in [0.5, 0.6) is 5.75 Å². The fourth-order valence-electron chi connectivity index (χ4n) is 1.56. The third-order valence-electron chi connectivity index (χ3n) is 2.28.